The summed E-state index contributed by atoms with van der Waals surface area (Å²) in [5.41, 5.74) is 2.35. The minimum absolute atomic E-state index is 0.352. The number of nitrogens with two attached hydrogens (primary N) is 1. The molecule has 0 aliphatic carbocycles. The topological polar surface area (TPSA) is 38.9 Å². The van der Waals surface area contributed by atoms with E-state index in [1.54, 1.807) is 0 Å². The molecule has 6 heteroatoms. The monoisotopic (exact) mass is 222 g/mol. The number of hydrogen-bond donors (Lipinski definition) is 1. The van der Waals surface area contributed by atoms with Crippen LogP contribution in [0.2, 0.25) is 0 Å². The minimum Gasteiger partial charge on any atom is -0.313 e. The van der Waals surface area contributed by atoms with E-state index in [9.17, 15) is 17.6 Å². The number of alkyl halides is 3. The van der Waals surface area contributed by atoms with Crippen LogP contribution < -0.4 is 5.73 Å². The van der Waals surface area contributed by atoms with Crippen LogP contribution in [-0.2, 0) is 5.54 Å². The van der Waals surface area contributed by atoms with E-state index in [1.807, 2.05) is 0 Å². The lowest BCUT2D eigenvalue weighted by Crippen LogP contribution is -2.50. The van der Waals surface area contributed by atoms with Crippen LogP contribution in [0.15, 0.2) is 18.3 Å². The zero-order valence-electron chi connectivity index (χ0n) is 7.98. The number of nitrogens with zero attached hydrogens (tertiary/aromatic N) is 1. The third kappa shape index (κ3) is 2.09. The summed E-state index contributed by atoms with van der Waals surface area (Å²) in [5.74, 6) is -0.695. The van der Waals surface area contributed by atoms with Gasteiger partial charge in [0.15, 0.2) is 5.54 Å². The van der Waals surface area contributed by atoms with Gasteiger partial charge >= 0.3 is 6.18 Å². The first-order valence-corrected chi connectivity index (χ1v) is 4.29. The Labute approximate surface area is 84.1 Å². The summed E-state index contributed by atoms with van der Waals surface area (Å²) in [4.78, 5) is 3.37. The molecule has 1 rings (SSSR count). The van der Waals surface area contributed by atoms with Crippen LogP contribution in [0, 0.1) is 5.82 Å². The lowest BCUT2D eigenvalue weighted by molar-refractivity contribution is -0.191. The Kier molecular flexibility index (Phi) is 2.99. The van der Waals surface area contributed by atoms with Crippen LogP contribution in [0.4, 0.5) is 17.6 Å². The van der Waals surface area contributed by atoms with Crippen LogP contribution in [0.5, 0.6) is 0 Å². The van der Waals surface area contributed by atoms with E-state index in [0.717, 1.165) is 18.3 Å². The van der Waals surface area contributed by atoms with Crippen LogP contribution in [0.25, 0.3) is 0 Å². The van der Waals surface area contributed by atoms with Crippen molar-refractivity contribution in [3.05, 3.63) is 29.8 Å². The molecule has 0 spiro atoms. The van der Waals surface area contributed by atoms with Gasteiger partial charge in [-0.1, -0.05) is 6.92 Å². The lowest BCUT2D eigenvalue weighted by Gasteiger charge is -2.29. The van der Waals surface area contributed by atoms with Crippen molar-refractivity contribution in [3.63, 3.8) is 0 Å². The van der Waals surface area contributed by atoms with Gasteiger partial charge in [0.2, 0.25) is 0 Å². The molecule has 1 heterocycles. The normalized spacial score (nSPS) is 16.1. The molecule has 2 nitrogen and oxygen atoms in total. The quantitative estimate of drug-likeness (QED) is 0.780. The second-order valence-electron chi connectivity index (χ2n) is 3.18. The van der Waals surface area contributed by atoms with E-state index in [4.69, 9.17) is 5.73 Å². The van der Waals surface area contributed by atoms with E-state index in [1.165, 1.54) is 6.92 Å². The van der Waals surface area contributed by atoms with Crippen LogP contribution in [-0.4, -0.2) is 11.2 Å². The van der Waals surface area contributed by atoms with Gasteiger partial charge in [-0.15, -0.1) is 0 Å². The molecular formula is C9H10F4N2. The zero-order chi connectivity index (χ0) is 11.7. The molecule has 0 aromatic carbocycles. The van der Waals surface area contributed by atoms with Gasteiger partial charge in [-0.2, -0.15) is 13.2 Å². The van der Waals surface area contributed by atoms with Gasteiger partial charge in [-0.05, 0) is 18.6 Å². The van der Waals surface area contributed by atoms with Crippen molar-refractivity contribution in [1.82, 2.24) is 4.98 Å². The highest BCUT2D eigenvalue weighted by atomic mass is 19.4. The molecule has 0 saturated heterocycles. The van der Waals surface area contributed by atoms with Crippen molar-refractivity contribution >= 4 is 0 Å². The van der Waals surface area contributed by atoms with Crippen LogP contribution in [0.3, 0.4) is 0 Å². The molecule has 1 aromatic rings. The summed E-state index contributed by atoms with van der Waals surface area (Å²) < 4.78 is 50.4. The van der Waals surface area contributed by atoms with E-state index in [0.29, 0.717) is 0 Å². The first-order chi connectivity index (χ1) is 6.81. The lowest BCUT2D eigenvalue weighted by atomic mass is 9.92. The van der Waals surface area contributed by atoms with Crippen molar-refractivity contribution in [3.8, 4) is 0 Å². The maximum atomic E-state index is 12.6. The van der Waals surface area contributed by atoms with E-state index < -0.39 is 17.5 Å². The van der Waals surface area contributed by atoms with Gasteiger partial charge in [-0.3, -0.25) is 4.98 Å². The average molecular weight is 222 g/mol. The zero-order valence-corrected chi connectivity index (χ0v) is 7.98. The molecule has 84 valence electrons. The number of pyridine rings is 1. The van der Waals surface area contributed by atoms with E-state index >= 15 is 0 Å². The highest BCUT2D eigenvalue weighted by Gasteiger charge is 2.52. The number of aromatic nitrogens is 1. The predicted molar refractivity (Wildman–Crippen MR) is 46.4 cm³/mol. The summed E-state index contributed by atoms with van der Waals surface area (Å²) >= 11 is 0. The Morgan fingerprint density at radius 2 is 1.93 bits per heavy atom. The summed E-state index contributed by atoms with van der Waals surface area (Å²) in [6, 6.07) is 1.86. The van der Waals surface area contributed by atoms with E-state index in [2.05, 4.69) is 4.98 Å². The average Bonchev–Trinajstić information content (AvgIpc) is 2.16. The standard InChI is InChI=1S/C9H10F4N2/c1-2-8(14,9(11,12)13)7-4-3-6(10)5-15-7/h3-5H,2,14H2,1H3. The van der Waals surface area contributed by atoms with Gasteiger partial charge < -0.3 is 5.73 Å². The predicted octanol–water partition coefficient (Wildman–Crippen LogP) is 2.35. The maximum absolute atomic E-state index is 12.6. The third-order valence-electron chi connectivity index (χ3n) is 2.25. The van der Waals surface area contributed by atoms with Gasteiger partial charge in [0.05, 0.1) is 11.9 Å². The van der Waals surface area contributed by atoms with Gasteiger partial charge in [-0.25, -0.2) is 4.39 Å². The Bertz CT molecular complexity index is 333. The molecule has 0 bridgehead atoms. The molecule has 1 aromatic heterocycles. The summed E-state index contributed by atoms with van der Waals surface area (Å²) in [5, 5.41) is 0. The number of hydrogen-bond acceptors (Lipinski definition) is 2. The molecule has 0 saturated carbocycles. The smallest absolute Gasteiger partial charge is 0.313 e. The summed E-state index contributed by atoms with van der Waals surface area (Å²) in [7, 11) is 0. The second kappa shape index (κ2) is 3.77. The Morgan fingerprint density at radius 1 is 1.33 bits per heavy atom. The van der Waals surface area contributed by atoms with Crippen molar-refractivity contribution in [2.45, 2.75) is 25.1 Å². The molecule has 2 N–H and O–H groups in total. The summed E-state index contributed by atoms with van der Waals surface area (Å²) in [6.07, 6.45) is -4.24. The van der Waals surface area contributed by atoms with Crippen molar-refractivity contribution in [2.24, 2.45) is 5.73 Å². The van der Waals surface area contributed by atoms with Gasteiger partial charge in [0, 0.05) is 0 Å². The molecule has 1 unspecified atom stereocenters. The molecular weight excluding hydrogens is 212 g/mol. The Morgan fingerprint density at radius 3 is 2.27 bits per heavy atom. The Balaban J connectivity index is 3.18. The third-order valence-corrected chi connectivity index (χ3v) is 2.25. The van der Waals surface area contributed by atoms with Gasteiger partial charge in [0.1, 0.15) is 5.82 Å². The number of rotatable bonds is 2. The fraction of sp³-hybridized carbons (Fsp3) is 0.444. The first-order valence-electron chi connectivity index (χ1n) is 4.29. The molecule has 0 aliphatic heterocycles. The largest absolute Gasteiger partial charge is 0.412 e. The molecule has 1 atom stereocenters. The molecule has 15 heavy (non-hydrogen) atoms. The highest BCUT2D eigenvalue weighted by molar-refractivity contribution is 5.18. The fourth-order valence-corrected chi connectivity index (χ4v) is 1.17. The van der Waals surface area contributed by atoms with Gasteiger partial charge in [0.25, 0.3) is 0 Å². The molecule has 0 fully saturated rings. The molecule has 0 amide bonds. The van der Waals surface area contributed by atoms with Crippen molar-refractivity contribution in [2.75, 3.05) is 0 Å². The maximum Gasteiger partial charge on any atom is 0.412 e. The SMILES string of the molecule is CCC(N)(c1ccc(F)cn1)C(F)(F)F. The first kappa shape index (κ1) is 11.9. The van der Waals surface area contributed by atoms with Crippen molar-refractivity contribution in [1.29, 1.82) is 0 Å². The number of halogens is 4. The van der Waals surface area contributed by atoms with Crippen molar-refractivity contribution < 1.29 is 17.6 Å². The van der Waals surface area contributed by atoms with Crippen LogP contribution in [0.1, 0.15) is 19.0 Å². The Hall–Kier alpha value is -1.17. The highest BCUT2D eigenvalue weighted by Crippen LogP contribution is 2.38. The second-order valence-corrected chi connectivity index (χ2v) is 3.18. The van der Waals surface area contributed by atoms with Crippen LogP contribution >= 0.6 is 0 Å². The molecule has 0 aliphatic rings. The fourth-order valence-electron chi connectivity index (χ4n) is 1.17. The minimum atomic E-state index is -4.60. The summed E-state index contributed by atoms with van der Waals surface area (Å²) in [6.45, 7) is 1.30. The van der Waals surface area contributed by atoms with E-state index in [-0.39, 0.29) is 12.1 Å². The molecule has 0 radical (unpaired) electrons.